The van der Waals surface area contributed by atoms with Gasteiger partial charge in [-0.1, -0.05) is 56.2 Å². The molecule has 30 heavy (non-hydrogen) atoms. The van der Waals surface area contributed by atoms with Crippen molar-refractivity contribution in [1.29, 1.82) is 0 Å². The monoisotopic (exact) mass is 403 g/mol. The van der Waals surface area contributed by atoms with Crippen molar-refractivity contribution in [2.24, 2.45) is 0 Å². The smallest absolute Gasteiger partial charge is 0.328 e. The summed E-state index contributed by atoms with van der Waals surface area (Å²) in [6.07, 6.45) is 2.79. The number of ether oxygens (including phenoxy) is 2. The lowest BCUT2D eigenvalue weighted by molar-refractivity contribution is 0.302. The summed E-state index contributed by atoms with van der Waals surface area (Å²) in [6.45, 7) is 6.72. The molecule has 0 amide bonds. The van der Waals surface area contributed by atoms with Crippen LogP contribution < -0.4 is 9.47 Å². The van der Waals surface area contributed by atoms with Gasteiger partial charge in [0.15, 0.2) is 5.52 Å². The van der Waals surface area contributed by atoms with Crippen molar-refractivity contribution in [2.45, 2.75) is 40.0 Å². The Morgan fingerprint density at radius 2 is 1.80 bits per heavy atom. The number of para-hydroxylation sites is 1. The largest absolute Gasteiger partial charge is 0.476 e. The van der Waals surface area contributed by atoms with Crippen molar-refractivity contribution in [3.63, 3.8) is 0 Å². The van der Waals surface area contributed by atoms with Crippen LogP contribution in [0.4, 0.5) is 0 Å². The van der Waals surface area contributed by atoms with Gasteiger partial charge >= 0.3 is 6.01 Å². The van der Waals surface area contributed by atoms with E-state index in [-0.39, 0.29) is 6.01 Å². The molecule has 0 fully saturated rings. The van der Waals surface area contributed by atoms with Crippen LogP contribution in [-0.2, 0) is 6.42 Å². The highest BCUT2D eigenvalue weighted by Gasteiger charge is 2.19. The maximum Gasteiger partial charge on any atom is 0.328 e. The average molecular weight is 403 g/mol. The van der Waals surface area contributed by atoms with Gasteiger partial charge in [0.1, 0.15) is 5.75 Å². The number of benzene rings is 2. The summed E-state index contributed by atoms with van der Waals surface area (Å²) in [5.41, 5.74) is 3.95. The second-order valence-electron chi connectivity index (χ2n) is 7.16. The van der Waals surface area contributed by atoms with Crippen LogP contribution in [0.2, 0.25) is 0 Å². The number of hydrogen-bond donors (Lipinski definition) is 0. The lowest BCUT2D eigenvalue weighted by Gasteiger charge is -2.10. The lowest BCUT2D eigenvalue weighted by atomic mass is 10.1. The van der Waals surface area contributed by atoms with E-state index in [2.05, 4.69) is 27.9 Å². The highest BCUT2D eigenvalue weighted by molar-refractivity contribution is 5.78. The highest BCUT2D eigenvalue weighted by Crippen LogP contribution is 2.32. The third-order valence-electron chi connectivity index (χ3n) is 4.61. The van der Waals surface area contributed by atoms with Gasteiger partial charge in [0.2, 0.25) is 5.89 Å². The molecule has 0 spiro atoms. The molecule has 0 bridgehead atoms. The number of nitrogens with zero attached hydrogens (tertiary/aromatic N) is 3. The summed E-state index contributed by atoms with van der Waals surface area (Å²) >= 11 is 0. The molecule has 6 nitrogen and oxygen atoms in total. The van der Waals surface area contributed by atoms with Crippen LogP contribution in [0.5, 0.6) is 17.6 Å². The first-order valence-corrected chi connectivity index (χ1v) is 10.3. The molecule has 0 aliphatic heterocycles. The van der Waals surface area contributed by atoms with E-state index in [1.54, 1.807) is 0 Å². The Balaban J connectivity index is 1.76. The number of oxazole rings is 1. The summed E-state index contributed by atoms with van der Waals surface area (Å²) in [5, 5.41) is 0. The topological polar surface area (TPSA) is 70.3 Å². The van der Waals surface area contributed by atoms with E-state index in [4.69, 9.17) is 13.9 Å². The number of aryl methyl sites for hydroxylation is 2. The first-order chi connectivity index (χ1) is 14.7. The molecule has 0 atom stereocenters. The Morgan fingerprint density at radius 1 is 0.933 bits per heavy atom. The van der Waals surface area contributed by atoms with E-state index in [1.807, 2.05) is 56.3 Å². The maximum atomic E-state index is 6.03. The SMILES string of the molecule is CCCOc1nc(Oc2ccccc2CCC)nc2oc(-c3cccc(C)c3)nc12. The maximum absolute atomic E-state index is 6.03. The molecule has 2 aromatic carbocycles. The Morgan fingerprint density at radius 3 is 2.60 bits per heavy atom. The first-order valence-electron chi connectivity index (χ1n) is 10.3. The normalized spacial score (nSPS) is 11.0. The molecule has 0 N–H and O–H groups in total. The standard InChI is InChI=1S/C24H25N3O3/c1-4-9-17-11-6-7-13-19(17)29-24-26-22(28-14-5-2)20-23(27-24)30-21(25-20)18-12-8-10-16(3)15-18/h6-8,10-13,15H,4-5,9,14H2,1-3H3. The average Bonchev–Trinajstić information content (AvgIpc) is 3.18. The van der Waals surface area contributed by atoms with Crippen molar-refractivity contribution in [3.8, 4) is 29.1 Å². The minimum absolute atomic E-state index is 0.184. The minimum atomic E-state index is 0.184. The molecular weight excluding hydrogens is 378 g/mol. The van der Waals surface area contributed by atoms with Crippen LogP contribution in [-0.4, -0.2) is 21.6 Å². The molecule has 0 saturated carbocycles. The summed E-state index contributed by atoms with van der Waals surface area (Å²) in [4.78, 5) is 13.5. The fourth-order valence-electron chi connectivity index (χ4n) is 3.20. The molecule has 0 radical (unpaired) electrons. The van der Waals surface area contributed by atoms with E-state index >= 15 is 0 Å². The second-order valence-corrected chi connectivity index (χ2v) is 7.16. The van der Waals surface area contributed by atoms with Crippen LogP contribution in [0, 0.1) is 6.92 Å². The molecule has 0 aliphatic rings. The van der Waals surface area contributed by atoms with E-state index < -0.39 is 0 Å². The van der Waals surface area contributed by atoms with E-state index in [1.165, 1.54) is 0 Å². The van der Waals surface area contributed by atoms with Crippen LogP contribution in [0.25, 0.3) is 22.7 Å². The summed E-state index contributed by atoms with van der Waals surface area (Å²) in [6, 6.07) is 16.1. The van der Waals surface area contributed by atoms with Crippen molar-refractivity contribution < 1.29 is 13.9 Å². The molecule has 2 heterocycles. The van der Waals surface area contributed by atoms with E-state index in [0.717, 1.165) is 41.7 Å². The van der Waals surface area contributed by atoms with Gasteiger partial charge in [-0.15, -0.1) is 0 Å². The zero-order chi connectivity index (χ0) is 20.9. The fraction of sp³-hybridized carbons (Fsp3) is 0.292. The molecular formula is C24H25N3O3. The van der Waals surface area contributed by atoms with Crippen LogP contribution in [0.1, 0.15) is 37.8 Å². The molecule has 4 rings (SSSR count). The molecule has 4 aromatic rings. The van der Waals surface area contributed by atoms with Crippen LogP contribution in [0.3, 0.4) is 0 Å². The van der Waals surface area contributed by atoms with Crippen molar-refractivity contribution in [3.05, 3.63) is 59.7 Å². The quantitative estimate of drug-likeness (QED) is 0.353. The molecule has 154 valence electrons. The van der Waals surface area contributed by atoms with Gasteiger partial charge in [-0.2, -0.15) is 9.97 Å². The summed E-state index contributed by atoms with van der Waals surface area (Å²) in [5.74, 6) is 1.58. The molecule has 0 aliphatic carbocycles. The van der Waals surface area contributed by atoms with Crippen LogP contribution in [0.15, 0.2) is 52.9 Å². The highest BCUT2D eigenvalue weighted by atomic mass is 16.5. The third-order valence-corrected chi connectivity index (χ3v) is 4.61. The number of fused-ring (bicyclic) bond motifs is 1. The number of hydrogen-bond acceptors (Lipinski definition) is 6. The number of aromatic nitrogens is 3. The molecule has 0 unspecified atom stereocenters. The Bertz CT molecular complexity index is 1150. The van der Waals surface area contributed by atoms with Gasteiger partial charge in [-0.3, -0.25) is 0 Å². The van der Waals surface area contributed by atoms with Gasteiger partial charge < -0.3 is 13.9 Å². The van der Waals surface area contributed by atoms with Gasteiger partial charge in [-0.05, 0) is 43.5 Å². The van der Waals surface area contributed by atoms with Gasteiger partial charge in [-0.25, -0.2) is 4.98 Å². The molecule has 6 heteroatoms. The lowest BCUT2D eigenvalue weighted by Crippen LogP contribution is -2.02. The minimum Gasteiger partial charge on any atom is -0.476 e. The van der Waals surface area contributed by atoms with Gasteiger partial charge in [0, 0.05) is 5.56 Å². The van der Waals surface area contributed by atoms with Crippen molar-refractivity contribution in [2.75, 3.05) is 6.61 Å². The Labute approximate surface area is 175 Å². The predicted octanol–water partition coefficient (Wildman–Crippen LogP) is 6.13. The van der Waals surface area contributed by atoms with Gasteiger partial charge in [0.05, 0.1) is 6.61 Å². The second kappa shape index (κ2) is 8.95. The van der Waals surface area contributed by atoms with E-state index in [9.17, 15) is 0 Å². The molecule has 2 aromatic heterocycles. The third kappa shape index (κ3) is 4.27. The summed E-state index contributed by atoms with van der Waals surface area (Å²) in [7, 11) is 0. The number of rotatable bonds is 8. The zero-order valence-corrected chi connectivity index (χ0v) is 17.5. The zero-order valence-electron chi connectivity index (χ0n) is 17.5. The van der Waals surface area contributed by atoms with Gasteiger partial charge in [0.25, 0.3) is 11.6 Å². The Kier molecular flexibility index (Phi) is 5.93. The molecule has 0 saturated heterocycles. The van der Waals surface area contributed by atoms with Crippen molar-refractivity contribution in [1.82, 2.24) is 15.0 Å². The summed E-state index contributed by atoms with van der Waals surface area (Å²) < 4.78 is 17.8. The Hall–Kier alpha value is -3.41. The predicted molar refractivity (Wildman–Crippen MR) is 116 cm³/mol. The van der Waals surface area contributed by atoms with E-state index in [0.29, 0.717) is 29.6 Å². The van der Waals surface area contributed by atoms with Crippen LogP contribution >= 0.6 is 0 Å². The fourth-order valence-corrected chi connectivity index (χ4v) is 3.20. The first kappa shape index (κ1) is 19.9. The van der Waals surface area contributed by atoms with Crippen molar-refractivity contribution >= 4 is 11.2 Å².